The molecule has 2 aliphatic heterocycles. The summed E-state index contributed by atoms with van der Waals surface area (Å²) in [4.78, 5) is 13.7. The molecule has 0 spiro atoms. The molecular weight excluding hydrogens is 272 g/mol. The molecule has 1 amide bonds. The second kappa shape index (κ2) is 5.76. The lowest BCUT2D eigenvalue weighted by molar-refractivity contribution is 0.00252. The lowest BCUT2D eigenvalue weighted by Crippen LogP contribution is -2.64. The molecule has 20 heavy (non-hydrogen) atoms. The molecule has 0 radical (unpaired) electrons. The van der Waals surface area contributed by atoms with Crippen LogP contribution in [0.4, 0.5) is 4.79 Å². The Balaban J connectivity index is 1.75. The maximum absolute atomic E-state index is 11.9. The van der Waals surface area contributed by atoms with Crippen molar-refractivity contribution in [1.29, 1.82) is 0 Å². The quantitative estimate of drug-likeness (QED) is 0.851. The summed E-state index contributed by atoms with van der Waals surface area (Å²) < 4.78 is 5.38. The van der Waals surface area contributed by atoms with Crippen LogP contribution in [-0.4, -0.2) is 53.3 Å². The van der Waals surface area contributed by atoms with Crippen LogP contribution in [0, 0.1) is 5.41 Å². The number of nitrogens with one attached hydrogen (secondary N) is 1. The van der Waals surface area contributed by atoms with Crippen molar-refractivity contribution in [3.63, 3.8) is 0 Å². The maximum Gasteiger partial charge on any atom is 0.410 e. The Morgan fingerprint density at radius 1 is 1.35 bits per heavy atom. The van der Waals surface area contributed by atoms with Crippen molar-refractivity contribution in [1.82, 2.24) is 10.2 Å². The number of amides is 1. The summed E-state index contributed by atoms with van der Waals surface area (Å²) in [7, 11) is 0. The minimum atomic E-state index is -0.405. The van der Waals surface area contributed by atoms with Gasteiger partial charge in [-0.3, -0.25) is 0 Å². The number of carbonyl (C=O) groups excluding carboxylic acids is 1. The lowest BCUT2D eigenvalue weighted by Gasteiger charge is -2.46. The normalized spacial score (nSPS) is 27.1. The van der Waals surface area contributed by atoms with Crippen LogP contribution in [-0.2, 0) is 4.74 Å². The fourth-order valence-corrected chi connectivity index (χ4v) is 4.17. The zero-order valence-electron chi connectivity index (χ0n) is 13.4. The fourth-order valence-electron chi connectivity index (χ4n) is 2.55. The van der Waals surface area contributed by atoms with Crippen molar-refractivity contribution in [2.75, 3.05) is 24.6 Å². The Morgan fingerprint density at radius 2 is 2.00 bits per heavy atom. The molecule has 2 heterocycles. The second-order valence-corrected chi connectivity index (χ2v) is 8.76. The molecule has 1 atom stereocenters. The summed E-state index contributed by atoms with van der Waals surface area (Å²) in [5, 5.41) is 3.72. The van der Waals surface area contributed by atoms with Gasteiger partial charge in [-0.25, -0.2) is 4.79 Å². The van der Waals surface area contributed by atoms with Gasteiger partial charge in [0.1, 0.15) is 5.60 Å². The third-order valence-corrected chi connectivity index (χ3v) is 5.15. The van der Waals surface area contributed by atoms with E-state index in [0.29, 0.717) is 17.5 Å². The van der Waals surface area contributed by atoms with E-state index in [1.807, 2.05) is 32.5 Å². The van der Waals surface area contributed by atoms with Gasteiger partial charge in [0, 0.05) is 30.9 Å². The van der Waals surface area contributed by atoms with Crippen LogP contribution in [0.1, 0.15) is 41.0 Å². The zero-order valence-corrected chi connectivity index (χ0v) is 14.2. The van der Waals surface area contributed by atoms with E-state index in [1.54, 1.807) is 4.90 Å². The van der Waals surface area contributed by atoms with Gasteiger partial charge in [0.15, 0.2) is 0 Å². The van der Waals surface area contributed by atoms with Gasteiger partial charge in [-0.2, -0.15) is 11.8 Å². The van der Waals surface area contributed by atoms with Crippen molar-refractivity contribution in [3.8, 4) is 0 Å². The third-order valence-electron chi connectivity index (χ3n) is 4.09. The first-order valence-electron chi connectivity index (χ1n) is 7.49. The van der Waals surface area contributed by atoms with E-state index in [0.717, 1.165) is 13.1 Å². The fraction of sp³-hybridized carbons (Fsp3) is 0.933. The molecule has 2 fully saturated rings. The minimum Gasteiger partial charge on any atom is -0.444 e. The van der Waals surface area contributed by atoms with Gasteiger partial charge >= 0.3 is 6.09 Å². The Hall–Kier alpha value is -0.420. The van der Waals surface area contributed by atoms with Crippen molar-refractivity contribution in [2.45, 2.75) is 58.7 Å². The average Bonchev–Trinajstić information content (AvgIpc) is 2.21. The van der Waals surface area contributed by atoms with E-state index in [2.05, 4.69) is 19.2 Å². The summed E-state index contributed by atoms with van der Waals surface area (Å²) in [6.45, 7) is 11.9. The number of nitrogens with zero attached hydrogens (tertiary/aromatic N) is 1. The summed E-state index contributed by atoms with van der Waals surface area (Å²) in [6.07, 6.45) is 1.07. The third kappa shape index (κ3) is 4.04. The van der Waals surface area contributed by atoms with Gasteiger partial charge in [0.2, 0.25) is 0 Å². The molecule has 1 N–H and O–H groups in total. The van der Waals surface area contributed by atoms with E-state index < -0.39 is 5.60 Å². The van der Waals surface area contributed by atoms with Crippen molar-refractivity contribution < 1.29 is 9.53 Å². The molecular formula is C15H28N2O2S. The molecule has 2 saturated heterocycles. The molecule has 116 valence electrons. The van der Waals surface area contributed by atoms with Gasteiger partial charge in [-0.1, -0.05) is 13.8 Å². The highest BCUT2D eigenvalue weighted by molar-refractivity contribution is 7.99. The Kier molecular flexibility index (Phi) is 4.59. The highest BCUT2D eigenvalue weighted by Gasteiger charge is 2.39. The van der Waals surface area contributed by atoms with Crippen LogP contribution >= 0.6 is 11.8 Å². The first kappa shape index (κ1) is 16.0. The maximum atomic E-state index is 11.9. The van der Waals surface area contributed by atoms with E-state index in [4.69, 9.17) is 4.74 Å². The zero-order chi connectivity index (χ0) is 15.0. The molecule has 5 heteroatoms. The van der Waals surface area contributed by atoms with Gasteiger partial charge in [-0.15, -0.1) is 0 Å². The highest BCUT2D eigenvalue weighted by atomic mass is 32.2. The summed E-state index contributed by atoms with van der Waals surface area (Å²) >= 11 is 2.03. The van der Waals surface area contributed by atoms with Crippen molar-refractivity contribution in [3.05, 3.63) is 0 Å². The number of thioether (sulfide) groups is 1. The van der Waals surface area contributed by atoms with Crippen LogP contribution in [0.2, 0.25) is 0 Å². The van der Waals surface area contributed by atoms with E-state index in [-0.39, 0.29) is 6.09 Å². The Morgan fingerprint density at radius 3 is 2.55 bits per heavy atom. The number of ether oxygens (including phenoxy) is 1. The average molecular weight is 300 g/mol. The van der Waals surface area contributed by atoms with Gasteiger partial charge in [0.05, 0.1) is 0 Å². The number of likely N-dealkylation sites (tertiary alicyclic amines) is 1. The molecule has 2 rings (SSSR count). The number of hydrogen-bond acceptors (Lipinski definition) is 4. The van der Waals surface area contributed by atoms with Gasteiger partial charge in [-0.05, 0) is 38.4 Å². The Labute approximate surface area is 127 Å². The standard InChI is InChI=1S/C15H28N2O2S/c1-14(2,3)19-13(18)17-8-11(9-17)16-12-10-20-7-6-15(12,4)5/h11-12,16H,6-10H2,1-5H3. The molecule has 0 aromatic rings. The lowest BCUT2D eigenvalue weighted by atomic mass is 9.81. The van der Waals surface area contributed by atoms with Crippen LogP contribution in [0.25, 0.3) is 0 Å². The minimum absolute atomic E-state index is 0.187. The topological polar surface area (TPSA) is 41.6 Å². The van der Waals surface area contributed by atoms with Crippen LogP contribution in [0.5, 0.6) is 0 Å². The van der Waals surface area contributed by atoms with E-state index in [9.17, 15) is 4.79 Å². The molecule has 1 unspecified atom stereocenters. The van der Waals surface area contributed by atoms with Crippen LogP contribution in [0.3, 0.4) is 0 Å². The predicted octanol–water partition coefficient (Wildman–Crippen LogP) is 2.73. The van der Waals surface area contributed by atoms with E-state index >= 15 is 0 Å². The monoisotopic (exact) mass is 300 g/mol. The highest BCUT2D eigenvalue weighted by Crippen LogP contribution is 2.34. The van der Waals surface area contributed by atoms with Crippen LogP contribution < -0.4 is 5.32 Å². The summed E-state index contributed by atoms with van der Waals surface area (Å²) in [5.41, 5.74) is -0.0464. The van der Waals surface area contributed by atoms with Crippen LogP contribution in [0.15, 0.2) is 0 Å². The van der Waals surface area contributed by atoms with Crippen molar-refractivity contribution in [2.24, 2.45) is 5.41 Å². The number of carbonyl (C=O) groups is 1. The molecule has 0 aromatic heterocycles. The van der Waals surface area contributed by atoms with E-state index in [1.165, 1.54) is 17.9 Å². The number of hydrogen-bond donors (Lipinski definition) is 1. The molecule has 4 nitrogen and oxygen atoms in total. The second-order valence-electron chi connectivity index (χ2n) is 7.61. The SMILES string of the molecule is CC(C)(C)OC(=O)N1CC(NC2CSCCC2(C)C)C1. The number of rotatable bonds is 2. The summed E-state index contributed by atoms with van der Waals surface area (Å²) in [5.74, 6) is 2.44. The first-order valence-corrected chi connectivity index (χ1v) is 8.64. The molecule has 0 saturated carbocycles. The van der Waals surface area contributed by atoms with Crippen molar-refractivity contribution >= 4 is 17.9 Å². The van der Waals surface area contributed by atoms with Gasteiger partial charge in [0.25, 0.3) is 0 Å². The largest absolute Gasteiger partial charge is 0.444 e. The molecule has 0 aromatic carbocycles. The molecule has 0 bridgehead atoms. The Bertz CT molecular complexity index is 359. The first-order chi connectivity index (χ1) is 9.17. The predicted molar refractivity (Wildman–Crippen MR) is 84.2 cm³/mol. The summed E-state index contributed by atoms with van der Waals surface area (Å²) in [6, 6.07) is 0.970. The molecule has 2 aliphatic rings. The van der Waals surface area contributed by atoms with Gasteiger partial charge < -0.3 is 15.0 Å². The smallest absolute Gasteiger partial charge is 0.410 e. The molecule has 0 aliphatic carbocycles.